The lowest BCUT2D eigenvalue weighted by atomic mass is 9.98. The molecule has 20 heavy (non-hydrogen) atoms. The fourth-order valence-corrected chi connectivity index (χ4v) is 2.25. The predicted molar refractivity (Wildman–Crippen MR) is 89.8 cm³/mol. The first-order chi connectivity index (χ1) is 8.41. The highest BCUT2D eigenvalue weighted by Gasteiger charge is 2.22. The molecule has 1 amide bonds. The van der Waals surface area contributed by atoms with Crippen LogP contribution in [-0.2, 0) is 4.79 Å². The molecule has 1 heterocycles. The molecule has 1 aliphatic heterocycles. The van der Waals surface area contributed by atoms with Gasteiger partial charge in [-0.25, -0.2) is 0 Å². The fraction of sp³-hybridized carbons (Fsp3) is 0.929. The lowest BCUT2D eigenvalue weighted by Crippen LogP contribution is -2.47. The zero-order chi connectivity index (χ0) is 13.7. The van der Waals surface area contributed by atoms with E-state index in [-0.39, 0.29) is 42.7 Å². The van der Waals surface area contributed by atoms with Gasteiger partial charge in [0.25, 0.3) is 0 Å². The molecule has 0 aromatic rings. The maximum atomic E-state index is 11.8. The molecule has 3 atom stereocenters. The van der Waals surface area contributed by atoms with Gasteiger partial charge < -0.3 is 11.1 Å². The number of carbonyl (C=O) groups excluding carboxylic acids is 1. The van der Waals surface area contributed by atoms with Gasteiger partial charge in [-0.05, 0) is 45.7 Å². The second-order valence-corrected chi connectivity index (χ2v) is 5.96. The van der Waals surface area contributed by atoms with Crippen LogP contribution in [0.25, 0.3) is 0 Å². The third-order valence-corrected chi connectivity index (χ3v) is 4.22. The van der Waals surface area contributed by atoms with Gasteiger partial charge in [0, 0.05) is 24.5 Å². The number of rotatable bonds is 5. The number of hydrogen-bond acceptors (Lipinski definition) is 3. The molecule has 1 fully saturated rings. The minimum atomic E-state index is -0.112. The molecular formula is C14H31Cl2N3O. The number of piperidine rings is 1. The zero-order valence-electron chi connectivity index (χ0n) is 13.1. The molecular weight excluding hydrogens is 297 g/mol. The minimum Gasteiger partial charge on any atom is -0.354 e. The Morgan fingerprint density at radius 2 is 1.75 bits per heavy atom. The number of nitrogens with one attached hydrogen (secondary N) is 1. The normalized spacial score (nSPS) is 21.1. The predicted octanol–water partition coefficient (Wildman–Crippen LogP) is 2.05. The standard InChI is InChI=1S/C14H29N3O.2ClH/c1-10-5-7-17(8-6-10)11(2)9-16-14(18)12(3)13(4)15;;/h10-13H,5-9,15H2,1-4H3,(H,16,18);2*1H. The summed E-state index contributed by atoms with van der Waals surface area (Å²) in [7, 11) is 0. The first-order valence-corrected chi connectivity index (χ1v) is 7.19. The van der Waals surface area contributed by atoms with E-state index in [0.717, 1.165) is 25.6 Å². The topological polar surface area (TPSA) is 58.4 Å². The highest BCUT2D eigenvalue weighted by atomic mass is 35.5. The van der Waals surface area contributed by atoms with Crippen molar-refractivity contribution in [3.8, 4) is 0 Å². The van der Waals surface area contributed by atoms with Gasteiger partial charge in [-0.1, -0.05) is 13.8 Å². The number of amides is 1. The summed E-state index contributed by atoms with van der Waals surface area (Å²) in [6, 6.07) is 0.331. The molecule has 1 aliphatic rings. The fourth-order valence-electron chi connectivity index (χ4n) is 2.25. The van der Waals surface area contributed by atoms with Gasteiger partial charge in [0.2, 0.25) is 5.91 Å². The maximum Gasteiger partial charge on any atom is 0.224 e. The van der Waals surface area contributed by atoms with Crippen LogP contribution in [-0.4, -0.2) is 42.5 Å². The Morgan fingerprint density at radius 3 is 2.20 bits per heavy atom. The lowest BCUT2D eigenvalue weighted by molar-refractivity contribution is -0.125. The molecule has 0 radical (unpaired) electrons. The molecule has 0 bridgehead atoms. The average molecular weight is 328 g/mol. The summed E-state index contributed by atoms with van der Waals surface area (Å²) in [6.45, 7) is 11.3. The molecule has 3 unspecified atom stereocenters. The number of hydrogen-bond donors (Lipinski definition) is 2. The summed E-state index contributed by atoms with van der Waals surface area (Å²) >= 11 is 0. The second-order valence-electron chi connectivity index (χ2n) is 5.96. The Balaban J connectivity index is 0. The quantitative estimate of drug-likeness (QED) is 0.812. The largest absolute Gasteiger partial charge is 0.354 e. The molecule has 0 spiro atoms. The van der Waals surface area contributed by atoms with E-state index in [1.165, 1.54) is 12.8 Å². The number of halogens is 2. The Morgan fingerprint density at radius 1 is 1.25 bits per heavy atom. The first kappa shape index (κ1) is 22.3. The van der Waals surface area contributed by atoms with Gasteiger partial charge in [0.15, 0.2) is 0 Å². The van der Waals surface area contributed by atoms with Crippen LogP contribution in [0.15, 0.2) is 0 Å². The van der Waals surface area contributed by atoms with E-state index in [1.807, 2.05) is 13.8 Å². The Hall–Kier alpha value is -0.0300. The van der Waals surface area contributed by atoms with E-state index in [0.29, 0.717) is 6.04 Å². The molecule has 0 aromatic carbocycles. The summed E-state index contributed by atoms with van der Waals surface area (Å²) in [6.07, 6.45) is 2.54. The first-order valence-electron chi connectivity index (χ1n) is 7.19. The molecule has 4 nitrogen and oxygen atoms in total. The molecule has 6 heteroatoms. The van der Waals surface area contributed by atoms with Crippen molar-refractivity contribution in [1.29, 1.82) is 0 Å². The maximum absolute atomic E-state index is 11.8. The third-order valence-electron chi connectivity index (χ3n) is 4.22. The molecule has 0 aliphatic carbocycles. The minimum absolute atomic E-state index is 0. The van der Waals surface area contributed by atoms with E-state index >= 15 is 0 Å². The van der Waals surface area contributed by atoms with Gasteiger partial charge in [-0.15, -0.1) is 24.8 Å². The van der Waals surface area contributed by atoms with Crippen LogP contribution in [0.3, 0.4) is 0 Å². The van der Waals surface area contributed by atoms with Crippen molar-refractivity contribution in [2.75, 3.05) is 19.6 Å². The SMILES string of the molecule is CC1CCN(C(C)CNC(=O)C(C)C(C)N)CC1.Cl.Cl. The van der Waals surface area contributed by atoms with E-state index < -0.39 is 0 Å². The summed E-state index contributed by atoms with van der Waals surface area (Å²) in [5.74, 6) is 0.807. The van der Waals surface area contributed by atoms with Gasteiger partial charge in [0.05, 0.1) is 0 Å². The summed E-state index contributed by atoms with van der Waals surface area (Å²) in [4.78, 5) is 14.3. The molecule has 0 aromatic heterocycles. The number of carbonyl (C=O) groups is 1. The van der Waals surface area contributed by atoms with Gasteiger partial charge in [-0.3, -0.25) is 9.69 Å². The number of likely N-dealkylation sites (tertiary alicyclic amines) is 1. The second kappa shape index (κ2) is 10.7. The van der Waals surface area contributed by atoms with Crippen LogP contribution in [0.1, 0.15) is 40.5 Å². The summed E-state index contributed by atoms with van der Waals surface area (Å²) in [5.41, 5.74) is 5.73. The third kappa shape index (κ3) is 7.11. The number of nitrogens with zero attached hydrogens (tertiary/aromatic N) is 1. The number of nitrogens with two attached hydrogens (primary N) is 1. The van der Waals surface area contributed by atoms with Gasteiger partial charge in [0.1, 0.15) is 0 Å². The van der Waals surface area contributed by atoms with E-state index in [2.05, 4.69) is 24.1 Å². The Labute approximate surface area is 136 Å². The summed E-state index contributed by atoms with van der Waals surface area (Å²) in [5, 5.41) is 3.01. The van der Waals surface area contributed by atoms with Crippen LogP contribution in [0.5, 0.6) is 0 Å². The Kier molecular flexibility index (Phi) is 11.9. The smallest absolute Gasteiger partial charge is 0.224 e. The van der Waals surface area contributed by atoms with Crippen molar-refractivity contribution in [1.82, 2.24) is 10.2 Å². The molecule has 0 saturated carbocycles. The van der Waals surface area contributed by atoms with Crippen molar-refractivity contribution in [3.05, 3.63) is 0 Å². The molecule has 1 saturated heterocycles. The van der Waals surface area contributed by atoms with Gasteiger partial charge in [-0.2, -0.15) is 0 Å². The van der Waals surface area contributed by atoms with Crippen molar-refractivity contribution < 1.29 is 4.79 Å². The van der Waals surface area contributed by atoms with Gasteiger partial charge >= 0.3 is 0 Å². The van der Waals surface area contributed by atoms with E-state index in [9.17, 15) is 4.79 Å². The zero-order valence-corrected chi connectivity index (χ0v) is 14.7. The van der Waals surface area contributed by atoms with Crippen molar-refractivity contribution in [2.45, 2.75) is 52.6 Å². The monoisotopic (exact) mass is 327 g/mol. The van der Waals surface area contributed by atoms with Crippen LogP contribution in [0, 0.1) is 11.8 Å². The van der Waals surface area contributed by atoms with Crippen LogP contribution >= 0.6 is 24.8 Å². The average Bonchev–Trinajstić information content (AvgIpc) is 2.35. The lowest BCUT2D eigenvalue weighted by Gasteiger charge is -2.35. The highest BCUT2D eigenvalue weighted by Crippen LogP contribution is 2.17. The molecule has 1 rings (SSSR count). The molecule has 122 valence electrons. The van der Waals surface area contributed by atoms with Crippen molar-refractivity contribution >= 4 is 30.7 Å². The Bertz CT molecular complexity index is 269. The molecule has 3 N–H and O–H groups in total. The van der Waals surface area contributed by atoms with E-state index in [4.69, 9.17) is 5.73 Å². The van der Waals surface area contributed by atoms with Crippen molar-refractivity contribution in [3.63, 3.8) is 0 Å². The highest BCUT2D eigenvalue weighted by molar-refractivity contribution is 5.85. The summed E-state index contributed by atoms with van der Waals surface area (Å²) < 4.78 is 0. The van der Waals surface area contributed by atoms with E-state index in [1.54, 1.807) is 0 Å². The van der Waals surface area contributed by atoms with Crippen LogP contribution in [0.4, 0.5) is 0 Å². The van der Waals surface area contributed by atoms with Crippen LogP contribution < -0.4 is 11.1 Å². The van der Waals surface area contributed by atoms with Crippen LogP contribution in [0.2, 0.25) is 0 Å². The van der Waals surface area contributed by atoms with Crippen molar-refractivity contribution in [2.24, 2.45) is 17.6 Å².